The van der Waals surface area contributed by atoms with E-state index in [0.717, 1.165) is 22.0 Å². The number of carbonyl (C=O) groups excluding carboxylic acids is 1. The molecule has 1 saturated heterocycles. The molecule has 1 amide bonds. The average Bonchev–Trinajstić information content (AvgIpc) is 3.12. The summed E-state index contributed by atoms with van der Waals surface area (Å²) in [6.45, 7) is 5.56. The zero-order valence-corrected chi connectivity index (χ0v) is 14.6. The van der Waals surface area contributed by atoms with Gasteiger partial charge in [-0.25, -0.2) is 0 Å². The molecule has 0 spiro atoms. The largest absolute Gasteiger partial charge is 0.445 e. The van der Waals surface area contributed by atoms with Gasteiger partial charge in [0.15, 0.2) is 10.9 Å². The van der Waals surface area contributed by atoms with E-state index >= 15 is 0 Å². The Bertz CT molecular complexity index is 722. The lowest BCUT2D eigenvalue weighted by molar-refractivity contribution is -0.00482. The lowest BCUT2D eigenvalue weighted by Crippen LogP contribution is -2.43. The molecule has 2 aromatic heterocycles. The smallest absolute Gasteiger partial charge is 0.290 e. The van der Waals surface area contributed by atoms with Crippen molar-refractivity contribution in [2.75, 3.05) is 26.0 Å². The first-order valence-electron chi connectivity index (χ1n) is 7.55. The van der Waals surface area contributed by atoms with Crippen LogP contribution in [0.3, 0.4) is 0 Å². The molecule has 6 nitrogen and oxygen atoms in total. The van der Waals surface area contributed by atoms with E-state index in [9.17, 15) is 4.79 Å². The van der Waals surface area contributed by atoms with Gasteiger partial charge in [0, 0.05) is 24.8 Å². The van der Waals surface area contributed by atoms with Crippen molar-refractivity contribution < 1.29 is 13.9 Å². The first-order chi connectivity index (χ1) is 11.0. The van der Waals surface area contributed by atoms with E-state index in [1.54, 1.807) is 6.07 Å². The van der Waals surface area contributed by atoms with Gasteiger partial charge in [-0.15, -0.1) is 0 Å². The highest BCUT2D eigenvalue weighted by atomic mass is 32.2. The molecule has 2 aromatic rings. The van der Waals surface area contributed by atoms with Crippen LogP contribution in [0.15, 0.2) is 21.6 Å². The number of nitrogens with zero attached hydrogens (tertiary/aromatic N) is 3. The highest BCUT2D eigenvalue weighted by molar-refractivity contribution is 7.98. The number of aryl methyl sites for hydroxylation is 2. The van der Waals surface area contributed by atoms with Crippen LogP contribution in [0.5, 0.6) is 0 Å². The topological polar surface area (TPSA) is 60.5 Å². The molecule has 0 bridgehead atoms. The molecule has 7 heteroatoms. The van der Waals surface area contributed by atoms with E-state index in [4.69, 9.17) is 9.15 Å². The third-order valence-electron chi connectivity index (χ3n) is 4.28. The number of amides is 1. The normalized spacial score (nSPS) is 18.4. The minimum Gasteiger partial charge on any atom is -0.445 e. The molecule has 0 radical (unpaired) electrons. The second kappa shape index (κ2) is 6.41. The van der Waals surface area contributed by atoms with E-state index < -0.39 is 0 Å². The van der Waals surface area contributed by atoms with Crippen molar-refractivity contribution in [2.24, 2.45) is 7.05 Å². The highest BCUT2D eigenvalue weighted by Gasteiger charge is 2.34. The van der Waals surface area contributed by atoms with Crippen molar-refractivity contribution in [1.82, 2.24) is 14.7 Å². The molecule has 1 unspecified atom stereocenters. The third kappa shape index (κ3) is 2.90. The standard InChI is InChI=1S/C16H21N3O3S/c1-10-15(11(2)18(3)17-10)12-9-21-8-7-19(12)16(20)13-5-6-14(22-13)23-4/h5-6,12H,7-9H2,1-4H3. The number of morpholine rings is 1. The fourth-order valence-electron chi connectivity index (χ4n) is 3.04. The number of rotatable bonds is 3. The summed E-state index contributed by atoms with van der Waals surface area (Å²) in [5.41, 5.74) is 3.06. The molecule has 1 atom stereocenters. The molecule has 0 N–H and O–H groups in total. The lowest BCUT2D eigenvalue weighted by atomic mass is 10.0. The molecular formula is C16H21N3O3S. The van der Waals surface area contributed by atoms with Crippen molar-refractivity contribution in [3.8, 4) is 0 Å². The minimum absolute atomic E-state index is 0.0961. The van der Waals surface area contributed by atoms with E-state index in [2.05, 4.69) is 5.10 Å². The summed E-state index contributed by atoms with van der Waals surface area (Å²) < 4.78 is 13.1. The van der Waals surface area contributed by atoms with Crippen molar-refractivity contribution in [2.45, 2.75) is 25.0 Å². The zero-order chi connectivity index (χ0) is 16.6. The minimum atomic E-state index is -0.132. The van der Waals surface area contributed by atoms with Crippen molar-refractivity contribution in [3.63, 3.8) is 0 Å². The van der Waals surface area contributed by atoms with Gasteiger partial charge >= 0.3 is 0 Å². The van der Waals surface area contributed by atoms with E-state index in [-0.39, 0.29) is 11.9 Å². The van der Waals surface area contributed by atoms with E-state index in [1.165, 1.54) is 11.8 Å². The number of aromatic nitrogens is 2. The molecule has 0 aliphatic carbocycles. The summed E-state index contributed by atoms with van der Waals surface area (Å²) in [6, 6.07) is 3.44. The van der Waals surface area contributed by atoms with Gasteiger partial charge in [-0.05, 0) is 32.2 Å². The maximum Gasteiger partial charge on any atom is 0.290 e. The summed E-state index contributed by atoms with van der Waals surface area (Å²) in [5.74, 6) is 0.279. The van der Waals surface area contributed by atoms with Crippen LogP contribution in [0, 0.1) is 13.8 Å². The van der Waals surface area contributed by atoms with Gasteiger partial charge < -0.3 is 14.1 Å². The Labute approximate surface area is 139 Å². The first-order valence-corrected chi connectivity index (χ1v) is 8.78. The van der Waals surface area contributed by atoms with Gasteiger partial charge in [-0.2, -0.15) is 5.10 Å². The molecule has 3 heterocycles. The fourth-order valence-corrected chi connectivity index (χ4v) is 3.42. The Morgan fingerprint density at radius 1 is 1.39 bits per heavy atom. The number of hydrogen-bond donors (Lipinski definition) is 0. The van der Waals surface area contributed by atoms with Crippen molar-refractivity contribution >= 4 is 17.7 Å². The van der Waals surface area contributed by atoms with Gasteiger partial charge in [0.25, 0.3) is 5.91 Å². The fraction of sp³-hybridized carbons (Fsp3) is 0.500. The van der Waals surface area contributed by atoms with Crippen LogP contribution >= 0.6 is 11.8 Å². The third-order valence-corrected chi connectivity index (χ3v) is 4.90. The molecule has 23 heavy (non-hydrogen) atoms. The summed E-state index contributed by atoms with van der Waals surface area (Å²) in [6.07, 6.45) is 1.92. The average molecular weight is 335 g/mol. The summed E-state index contributed by atoms with van der Waals surface area (Å²) >= 11 is 1.48. The summed E-state index contributed by atoms with van der Waals surface area (Å²) in [5, 5.41) is 5.21. The van der Waals surface area contributed by atoms with Crippen LogP contribution in [0.25, 0.3) is 0 Å². The Hall–Kier alpha value is -1.73. The van der Waals surface area contributed by atoms with Crippen LogP contribution in [0.4, 0.5) is 0 Å². The van der Waals surface area contributed by atoms with E-state index in [0.29, 0.717) is 25.5 Å². The molecule has 124 valence electrons. The molecule has 0 saturated carbocycles. The number of thioether (sulfide) groups is 1. The van der Waals surface area contributed by atoms with Gasteiger partial charge in [-0.1, -0.05) is 11.8 Å². The van der Waals surface area contributed by atoms with Crippen LogP contribution in [0.2, 0.25) is 0 Å². The summed E-state index contributed by atoms with van der Waals surface area (Å²) in [4.78, 5) is 14.7. The lowest BCUT2D eigenvalue weighted by Gasteiger charge is -2.35. The number of furan rings is 1. The van der Waals surface area contributed by atoms with Gasteiger partial charge in [-0.3, -0.25) is 9.48 Å². The zero-order valence-electron chi connectivity index (χ0n) is 13.8. The van der Waals surface area contributed by atoms with Gasteiger partial charge in [0.05, 0.1) is 24.9 Å². The Morgan fingerprint density at radius 2 is 2.17 bits per heavy atom. The van der Waals surface area contributed by atoms with Crippen LogP contribution < -0.4 is 0 Å². The molecule has 3 rings (SSSR count). The summed E-state index contributed by atoms with van der Waals surface area (Å²) in [7, 11) is 1.92. The number of hydrogen-bond acceptors (Lipinski definition) is 5. The number of carbonyl (C=O) groups is 1. The maximum absolute atomic E-state index is 12.9. The molecule has 0 aromatic carbocycles. The SMILES string of the molecule is CSc1ccc(C(=O)N2CCOCC2c2c(C)nn(C)c2C)o1. The van der Waals surface area contributed by atoms with Gasteiger partial charge in [0.2, 0.25) is 0 Å². The predicted octanol–water partition coefficient (Wildman–Crippen LogP) is 2.57. The second-order valence-corrected chi connectivity index (χ2v) is 6.43. The Kier molecular flexibility index (Phi) is 4.50. The predicted molar refractivity (Wildman–Crippen MR) is 87.8 cm³/mol. The van der Waals surface area contributed by atoms with Crippen molar-refractivity contribution in [3.05, 3.63) is 34.8 Å². The van der Waals surface area contributed by atoms with Crippen LogP contribution in [-0.4, -0.2) is 46.6 Å². The molecule has 1 aliphatic heterocycles. The van der Waals surface area contributed by atoms with Crippen LogP contribution in [-0.2, 0) is 11.8 Å². The van der Waals surface area contributed by atoms with Crippen molar-refractivity contribution in [1.29, 1.82) is 0 Å². The molecular weight excluding hydrogens is 314 g/mol. The number of ether oxygens (including phenoxy) is 1. The maximum atomic E-state index is 12.9. The van der Waals surface area contributed by atoms with Gasteiger partial charge in [0.1, 0.15) is 0 Å². The molecule has 1 aliphatic rings. The quantitative estimate of drug-likeness (QED) is 0.807. The monoisotopic (exact) mass is 335 g/mol. The molecule has 1 fully saturated rings. The second-order valence-electron chi connectivity index (χ2n) is 5.62. The Morgan fingerprint density at radius 3 is 2.78 bits per heavy atom. The van der Waals surface area contributed by atoms with Crippen LogP contribution in [0.1, 0.15) is 33.5 Å². The highest BCUT2D eigenvalue weighted by Crippen LogP contribution is 2.31. The first kappa shape index (κ1) is 16.1. The Balaban J connectivity index is 1.94. The van der Waals surface area contributed by atoms with E-state index in [1.807, 2.05) is 42.8 Å².